The summed E-state index contributed by atoms with van der Waals surface area (Å²) < 4.78 is 0. The Bertz CT molecular complexity index is 591. The molecule has 4 heteroatoms. The van der Waals surface area contributed by atoms with Crippen molar-refractivity contribution in [1.29, 1.82) is 0 Å². The standard InChI is InChI=1S/C10H7NO2.C10H23N/c12-10(13)8-3-4-9-7(6-8)2-1-5-11-9;1-2-3-4-5-6-7-8-9-10-11/h1-6H,(H,12,13);2-11H2,1H3. The lowest BCUT2D eigenvalue weighted by Gasteiger charge is -1.99. The number of carboxylic acid groups (broad SMARTS) is 1. The number of fused-ring (bicyclic) bond motifs is 1. The highest BCUT2D eigenvalue weighted by atomic mass is 16.4. The first-order chi connectivity index (χ1) is 11.7. The van der Waals surface area contributed by atoms with Crippen LogP contribution in [-0.4, -0.2) is 22.6 Å². The van der Waals surface area contributed by atoms with E-state index in [-0.39, 0.29) is 0 Å². The highest BCUT2D eigenvalue weighted by Crippen LogP contribution is 2.12. The number of nitrogens with zero attached hydrogens (tertiary/aromatic N) is 1. The average Bonchev–Trinajstić information content (AvgIpc) is 2.61. The first-order valence-electron chi connectivity index (χ1n) is 8.97. The largest absolute Gasteiger partial charge is 0.478 e. The highest BCUT2D eigenvalue weighted by Gasteiger charge is 2.02. The summed E-state index contributed by atoms with van der Waals surface area (Å²) >= 11 is 0. The summed E-state index contributed by atoms with van der Waals surface area (Å²) in [4.78, 5) is 14.7. The zero-order valence-corrected chi connectivity index (χ0v) is 14.7. The van der Waals surface area contributed by atoms with E-state index in [2.05, 4.69) is 11.9 Å². The third-order valence-corrected chi connectivity index (χ3v) is 3.91. The molecule has 3 N–H and O–H groups in total. The molecule has 2 rings (SSSR count). The van der Waals surface area contributed by atoms with Crippen LogP contribution in [0, 0.1) is 0 Å². The van der Waals surface area contributed by atoms with E-state index in [1.165, 1.54) is 51.4 Å². The van der Waals surface area contributed by atoms with E-state index < -0.39 is 5.97 Å². The van der Waals surface area contributed by atoms with Crippen LogP contribution in [0.2, 0.25) is 0 Å². The summed E-state index contributed by atoms with van der Waals surface area (Å²) in [6, 6.07) is 8.50. The van der Waals surface area contributed by atoms with Crippen LogP contribution in [0.3, 0.4) is 0 Å². The number of carboxylic acids is 1. The van der Waals surface area contributed by atoms with Crippen molar-refractivity contribution in [3.05, 3.63) is 42.1 Å². The molecule has 4 nitrogen and oxygen atoms in total. The molecule has 0 aliphatic carbocycles. The number of hydrogen-bond donors (Lipinski definition) is 2. The molecule has 0 saturated carbocycles. The predicted molar refractivity (Wildman–Crippen MR) is 100 cm³/mol. The van der Waals surface area contributed by atoms with Crippen LogP contribution in [0.25, 0.3) is 10.9 Å². The molecule has 0 amide bonds. The number of aromatic nitrogens is 1. The molecule has 132 valence electrons. The summed E-state index contributed by atoms with van der Waals surface area (Å²) in [5.74, 6) is -0.911. The molecule has 1 aromatic carbocycles. The van der Waals surface area contributed by atoms with Crippen LogP contribution in [0.1, 0.15) is 68.6 Å². The molecule has 24 heavy (non-hydrogen) atoms. The topological polar surface area (TPSA) is 76.2 Å². The monoisotopic (exact) mass is 330 g/mol. The Kier molecular flexibility index (Phi) is 10.5. The van der Waals surface area contributed by atoms with Gasteiger partial charge >= 0.3 is 5.97 Å². The summed E-state index contributed by atoms with van der Waals surface area (Å²) in [5, 5.41) is 9.57. The molecular formula is C20H30N2O2. The molecule has 0 atom stereocenters. The van der Waals surface area contributed by atoms with Crippen molar-refractivity contribution in [2.45, 2.75) is 58.3 Å². The minimum Gasteiger partial charge on any atom is -0.478 e. The Morgan fingerprint density at radius 2 is 1.71 bits per heavy atom. The number of benzene rings is 1. The molecule has 0 fully saturated rings. The Hall–Kier alpha value is -1.94. The van der Waals surface area contributed by atoms with Gasteiger partial charge < -0.3 is 10.8 Å². The van der Waals surface area contributed by atoms with Gasteiger partial charge in [-0.1, -0.05) is 57.9 Å². The first-order valence-corrected chi connectivity index (χ1v) is 8.97. The maximum Gasteiger partial charge on any atom is 0.335 e. The van der Waals surface area contributed by atoms with Gasteiger partial charge in [-0.2, -0.15) is 0 Å². The minimum absolute atomic E-state index is 0.292. The maximum atomic E-state index is 10.6. The molecule has 1 aromatic heterocycles. The third-order valence-electron chi connectivity index (χ3n) is 3.91. The quantitative estimate of drug-likeness (QED) is 0.633. The van der Waals surface area contributed by atoms with E-state index in [4.69, 9.17) is 10.8 Å². The average molecular weight is 330 g/mol. The van der Waals surface area contributed by atoms with Crippen LogP contribution in [-0.2, 0) is 0 Å². The van der Waals surface area contributed by atoms with Crippen LogP contribution < -0.4 is 5.73 Å². The van der Waals surface area contributed by atoms with E-state index in [0.717, 1.165) is 17.4 Å². The van der Waals surface area contributed by atoms with Gasteiger partial charge in [0.25, 0.3) is 0 Å². The Balaban J connectivity index is 0.000000245. The zero-order chi connectivity index (χ0) is 17.6. The van der Waals surface area contributed by atoms with Crippen molar-refractivity contribution in [3.8, 4) is 0 Å². The van der Waals surface area contributed by atoms with Gasteiger partial charge in [0.2, 0.25) is 0 Å². The second-order valence-corrected chi connectivity index (χ2v) is 5.98. The van der Waals surface area contributed by atoms with Crippen LogP contribution >= 0.6 is 0 Å². The maximum absolute atomic E-state index is 10.6. The van der Waals surface area contributed by atoms with E-state index in [1.54, 1.807) is 30.5 Å². The molecule has 0 bridgehead atoms. The molecule has 0 aliphatic heterocycles. The van der Waals surface area contributed by atoms with Gasteiger partial charge in [0.15, 0.2) is 0 Å². The smallest absolute Gasteiger partial charge is 0.335 e. The molecule has 0 radical (unpaired) electrons. The number of nitrogens with two attached hydrogens (primary N) is 1. The lowest BCUT2D eigenvalue weighted by Crippen LogP contribution is -1.97. The molecule has 0 unspecified atom stereocenters. The normalized spacial score (nSPS) is 10.2. The Labute approximate surface area is 145 Å². The van der Waals surface area contributed by atoms with Crippen LogP contribution in [0.15, 0.2) is 36.5 Å². The van der Waals surface area contributed by atoms with Crippen molar-refractivity contribution in [2.75, 3.05) is 6.54 Å². The number of carbonyl (C=O) groups is 1. The van der Waals surface area contributed by atoms with E-state index in [9.17, 15) is 4.79 Å². The second-order valence-electron chi connectivity index (χ2n) is 5.98. The second kappa shape index (κ2) is 12.5. The molecule has 1 heterocycles. The number of pyridine rings is 1. The van der Waals surface area contributed by atoms with E-state index >= 15 is 0 Å². The summed E-state index contributed by atoms with van der Waals surface area (Å²) in [5.41, 5.74) is 6.50. The lowest BCUT2D eigenvalue weighted by molar-refractivity contribution is 0.0697. The van der Waals surface area contributed by atoms with Gasteiger partial charge in [0.05, 0.1) is 11.1 Å². The third kappa shape index (κ3) is 8.06. The highest BCUT2D eigenvalue weighted by molar-refractivity contribution is 5.93. The fourth-order valence-corrected chi connectivity index (χ4v) is 2.49. The fraction of sp³-hybridized carbons (Fsp3) is 0.500. The first kappa shape index (κ1) is 20.1. The van der Waals surface area contributed by atoms with Gasteiger partial charge in [-0.15, -0.1) is 0 Å². The SMILES string of the molecule is CCCCCCCCCCN.O=C(O)c1ccc2ncccc2c1. The molecule has 0 aliphatic rings. The summed E-state index contributed by atoms with van der Waals surface area (Å²) in [6.45, 7) is 3.13. The zero-order valence-electron chi connectivity index (χ0n) is 14.7. The number of unbranched alkanes of at least 4 members (excludes halogenated alkanes) is 7. The van der Waals surface area contributed by atoms with E-state index in [1.807, 2.05) is 6.07 Å². The Morgan fingerprint density at radius 3 is 2.33 bits per heavy atom. The molecular weight excluding hydrogens is 300 g/mol. The molecule has 0 saturated heterocycles. The van der Waals surface area contributed by atoms with Gasteiger partial charge in [0.1, 0.15) is 0 Å². The molecule has 0 spiro atoms. The van der Waals surface area contributed by atoms with Crippen LogP contribution in [0.5, 0.6) is 0 Å². The van der Waals surface area contributed by atoms with Gasteiger partial charge in [-0.05, 0) is 37.2 Å². The predicted octanol–water partition coefficient (Wildman–Crippen LogP) is 5.02. The van der Waals surface area contributed by atoms with Crippen LogP contribution in [0.4, 0.5) is 0 Å². The van der Waals surface area contributed by atoms with Crippen molar-refractivity contribution < 1.29 is 9.90 Å². The van der Waals surface area contributed by atoms with E-state index in [0.29, 0.717) is 5.56 Å². The summed E-state index contributed by atoms with van der Waals surface area (Å²) in [7, 11) is 0. The van der Waals surface area contributed by atoms with Crippen molar-refractivity contribution >= 4 is 16.9 Å². The lowest BCUT2D eigenvalue weighted by atomic mass is 10.1. The van der Waals surface area contributed by atoms with Gasteiger partial charge in [-0.3, -0.25) is 4.98 Å². The van der Waals surface area contributed by atoms with Crippen molar-refractivity contribution in [1.82, 2.24) is 4.98 Å². The van der Waals surface area contributed by atoms with Gasteiger partial charge in [0, 0.05) is 11.6 Å². The molecule has 2 aromatic rings. The number of hydrogen-bond acceptors (Lipinski definition) is 3. The van der Waals surface area contributed by atoms with Crippen molar-refractivity contribution in [3.63, 3.8) is 0 Å². The van der Waals surface area contributed by atoms with Crippen molar-refractivity contribution in [2.24, 2.45) is 5.73 Å². The number of aromatic carboxylic acids is 1. The Morgan fingerprint density at radius 1 is 1.04 bits per heavy atom. The fourth-order valence-electron chi connectivity index (χ4n) is 2.49. The number of rotatable bonds is 9. The summed E-state index contributed by atoms with van der Waals surface area (Å²) in [6.07, 6.45) is 12.7. The minimum atomic E-state index is -0.911. The van der Waals surface area contributed by atoms with Gasteiger partial charge in [-0.25, -0.2) is 4.79 Å².